The van der Waals surface area contributed by atoms with Crippen LogP contribution >= 0.6 is 11.6 Å². The Bertz CT molecular complexity index is 320. The standard InChI is InChI=1S/C10H15ClFN3/c1-7(3-2-4-13)15-10-9(12)5-8(11)6-14-10/h5-7H,2-4,13H2,1H3,(H,14,15). The van der Waals surface area contributed by atoms with Gasteiger partial charge in [-0.2, -0.15) is 0 Å². The third-order valence-electron chi connectivity index (χ3n) is 2.03. The first kappa shape index (κ1) is 12.2. The first-order valence-electron chi connectivity index (χ1n) is 4.91. The molecule has 1 aromatic rings. The molecule has 15 heavy (non-hydrogen) atoms. The van der Waals surface area contributed by atoms with E-state index in [0.717, 1.165) is 12.8 Å². The number of aromatic nitrogens is 1. The van der Waals surface area contributed by atoms with Crippen molar-refractivity contribution in [2.75, 3.05) is 11.9 Å². The van der Waals surface area contributed by atoms with Crippen molar-refractivity contribution in [1.29, 1.82) is 0 Å². The zero-order valence-corrected chi connectivity index (χ0v) is 9.39. The van der Waals surface area contributed by atoms with Gasteiger partial charge in [-0.15, -0.1) is 0 Å². The summed E-state index contributed by atoms with van der Waals surface area (Å²) in [6, 6.07) is 1.39. The lowest BCUT2D eigenvalue weighted by atomic mass is 10.2. The first-order valence-corrected chi connectivity index (χ1v) is 5.29. The van der Waals surface area contributed by atoms with Gasteiger partial charge in [-0.3, -0.25) is 0 Å². The number of rotatable bonds is 5. The van der Waals surface area contributed by atoms with Gasteiger partial charge in [-0.05, 0) is 32.4 Å². The van der Waals surface area contributed by atoms with Gasteiger partial charge in [-0.25, -0.2) is 9.37 Å². The summed E-state index contributed by atoms with van der Waals surface area (Å²) in [6.45, 7) is 2.61. The van der Waals surface area contributed by atoms with Crippen LogP contribution in [0.2, 0.25) is 5.02 Å². The summed E-state index contributed by atoms with van der Waals surface area (Å²) < 4.78 is 13.3. The summed E-state index contributed by atoms with van der Waals surface area (Å²) in [6.07, 6.45) is 3.21. The summed E-state index contributed by atoms with van der Waals surface area (Å²) >= 11 is 5.59. The van der Waals surface area contributed by atoms with Crippen molar-refractivity contribution in [2.45, 2.75) is 25.8 Å². The third-order valence-corrected chi connectivity index (χ3v) is 2.24. The Morgan fingerprint density at radius 2 is 2.40 bits per heavy atom. The average Bonchev–Trinajstić information content (AvgIpc) is 2.19. The Morgan fingerprint density at radius 3 is 3.00 bits per heavy atom. The maximum atomic E-state index is 13.3. The number of nitrogens with two attached hydrogens (primary N) is 1. The van der Waals surface area contributed by atoms with Gasteiger partial charge in [-0.1, -0.05) is 11.6 Å². The molecule has 0 saturated carbocycles. The van der Waals surface area contributed by atoms with Crippen LogP contribution < -0.4 is 11.1 Å². The molecule has 0 spiro atoms. The van der Waals surface area contributed by atoms with Gasteiger partial charge in [0.05, 0.1) is 5.02 Å². The molecule has 1 aromatic heterocycles. The number of pyridine rings is 1. The van der Waals surface area contributed by atoms with E-state index < -0.39 is 5.82 Å². The zero-order valence-electron chi connectivity index (χ0n) is 8.63. The van der Waals surface area contributed by atoms with Crippen molar-refractivity contribution >= 4 is 17.4 Å². The smallest absolute Gasteiger partial charge is 0.166 e. The molecule has 1 atom stereocenters. The summed E-state index contributed by atoms with van der Waals surface area (Å²) in [5.74, 6) is -0.189. The SMILES string of the molecule is CC(CCCN)Nc1ncc(Cl)cc1F. The Balaban J connectivity index is 2.56. The number of nitrogens with one attached hydrogen (secondary N) is 1. The largest absolute Gasteiger partial charge is 0.365 e. The first-order chi connectivity index (χ1) is 7.13. The molecule has 5 heteroatoms. The van der Waals surface area contributed by atoms with Crippen LogP contribution in [0, 0.1) is 5.82 Å². The summed E-state index contributed by atoms with van der Waals surface area (Å²) in [5, 5.41) is 3.27. The van der Waals surface area contributed by atoms with E-state index in [-0.39, 0.29) is 11.9 Å². The molecule has 3 N–H and O–H groups in total. The molecule has 1 heterocycles. The molecule has 3 nitrogen and oxygen atoms in total. The van der Waals surface area contributed by atoms with Crippen LogP contribution in [0.3, 0.4) is 0 Å². The molecule has 0 saturated heterocycles. The van der Waals surface area contributed by atoms with E-state index in [4.69, 9.17) is 17.3 Å². The van der Waals surface area contributed by atoms with E-state index in [1.165, 1.54) is 12.3 Å². The minimum Gasteiger partial charge on any atom is -0.365 e. The predicted molar refractivity (Wildman–Crippen MR) is 60.6 cm³/mol. The number of hydrogen-bond donors (Lipinski definition) is 2. The van der Waals surface area contributed by atoms with Gasteiger partial charge >= 0.3 is 0 Å². The Morgan fingerprint density at radius 1 is 1.67 bits per heavy atom. The topological polar surface area (TPSA) is 50.9 Å². The molecule has 84 valence electrons. The van der Waals surface area contributed by atoms with Crippen LogP contribution in [0.4, 0.5) is 10.2 Å². The maximum Gasteiger partial charge on any atom is 0.166 e. The molecular weight excluding hydrogens is 217 g/mol. The van der Waals surface area contributed by atoms with Crippen LogP contribution in [-0.2, 0) is 0 Å². The lowest BCUT2D eigenvalue weighted by Gasteiger charge is -2.14. The van der Waals surface area contributed by atoms with E-state index in [2.05, 4.69) is 10.3 Å². The molecule has 0 fully saturated rings. The lowest BCUT2D eigenvalue weighted by molar-refractivity contribution is 0.610. The van der Waals surface area contributed by atoms with Gasteiger partial charge in [0.25, 0.3) is 0 Å². The van der Waals surface area contributed by atoms with E-state index in [1.807, 2.05) is 6.92 Å². The van der Waals surface area contributed by atoms with Gasteiger partial charge in [0.15, 0.2) is 11.6 Å². The van der Waals surface area contributed by atoms with Crippen LogP contribution in [0.1, 0.15) is 19.8 Å². The van der Waals surface area contributed by atoms with Crippen molar-refractivity contribution in [3.8, 4) is 0 Å². The molecule has 0 aromatic carbocycles. The molecule has 0 aliphatic carbocycles. The van der Waals surface area contributed by atoms with Gasteiger partial charge in [0, 0.05) is 12.2 Å². The van der Waals surface area contributed by atoms with Crippen molar-refractivity contribution in [2.24, 2.45) is 5.73 Å². The zero-order chi connectivity index (χ0) is 11.3. The Kier molecular flexibility index (Phi) is 4.78. The predicted octanol–water partition coefficient (Wildman–Crippen LogP) is 2.41. The van der Waals surface area contributed by atoms with Gasteiger partial charge in [0.2, 0.25) is 0 Å². The van der Waals surface area contributed by atoms with Crippen molar-refractivity contribution in [3.05, 3.63) is 23.1 Å². The van der Waals surface area contributed by atoms with Gasteiger partial charge in [0.1, 0.15) is 0 Å². The molecule has 0 aliphatic heterocycles. The van der Waals surface area contributed by atoms with Gasteiger partial charge < -0.3 is 11.1 Å². The highest BCUT2D eigenvalue weighted by Gasteiger charge is 2.07. The number of anilines is 1. The lowest BCUT2D eigenvalue weighted by Crippen LogP contribution is -2.18. The maximum absolute atomic E-state index is 13.3. The molecule has 0 radical (unpaired) electrons. The minimum atomic E-state index is -0.429. The third kappa shape index (κ3) is 4.01. The van der Waals surface area contributed by atoms with E-state index in [9.17, 15) is 4.39 Å². The Labute approximate surface area is 93.8 Å². The fraction of sp³-hybridized carbons (Fsp3) is 0.500. The van der Waals surface area contributed by atoms with Crippen molar-refractivity contribution in [1.82, 2.24) is 4.98 Å². The highest BCUT2D eigenvalue weighted by atomic mass is 35.5. The van der Waals surface area contributed by atoms with Crippen LogP contribution in [0.25, 0.3) is 0 Å². The summed E-state index contributed by atoms with van der Waals surface area (Å²) in [5.41, 5.74) is 5.39. The Hall–Kier alpha value is -0.870. The molecule has 1 rings (SSSR count). The number of nitrogens with zero attached hydrogens (tertiary/aromatic N) is 1. The average molecular weight is 232 g/mol. The molecule has 1 unspecified atom stereocenters. The summed E-state index contributed by atoms with van der Waals surface area (Å²) in [4.78, 5) is 3.88. The van der Waals surface area contributed by atoms with E-state index in [0.29, 0.717) is 11.6 Å². The van der Waals surface area contributed by atoms with Crippen LogP contribution in [0.15, 0.2) is 12.3 Å². The van der Waals surface area contributed by atoms with Crippen LogP contribution in [-0.4, -0.2) is 17.6 Å². The van der Waals surface area contributed by atoms with Crippen molar-refractivity contribution < 1.29 is 4.39 Å². The monoisotopic (exact) mass is 231 g/mol. The second kappa shape index (κ2) is 5.88. The second-order valence-corrected chi connectivity index (χ2v) is 3.90. The van der Waals surface area contributed by atoms with Crippen molar-refractivity contribution in [3.63, 3.8) is 0 Å². The highest BCUT2D eigenvalue weighted by molar-refractivity contribution is 6.30. The number of halogens is 2. The fourth-order valence-corrected chi connectivity index (χ4v) is 1.39. The normalized spacial score (nSPS) is 12.5. The van der Waals surface area contributed by atoms with E-state index in [1.54, 1.807) is 0 Å². The number of hydrogen-bond acceptors (Lipinski definition) is 3. The quantitative estimate of drug-likeness (QED) is 0.818. The second-order valence-electron chi connectivity index (χ2n) is 3.46. The molecule has 0 bridgehead atoms. The molecular formula is C10H15ClFN3. The summed E-state index contributed by atoms with van der Waals surface area (Å²) in [7, 11) is 0. The fourth-order valence-electron chi connectivity index (χ4n) is 1.25. The van der Waals surface area contributed by atoms with E-state index >= 15 is 0 Å². The van der Waals surface area contributed by atoms with Crippen LogP contribution in [0.5, 0.6) is 0 Å². The highest BCUT2D eigenvalue weighted by Crippen LogP contribution is 2.16. The molecule has 0 amide bonds. The molecule has 0 aliphatic rings. The minimum absolute atomic E-state index is 0.150.